The Hall–Kier alpha value is -1.97. The number of rotatable bonds is 9. The number of guanidine groups is 1. The number of benzene rings is 1. The predicted octanol–water partition coefficient (Wildman–Crippen LogP) is 2.51. The summed E-state index contributed by atoms with van der Waals surface area (Å²) in [5.41, 5.74) is 0.801. The average molecular weight is 409 g/mol. The molecule has 6 nitrogen and oxygen atoms in total. The van der Waals surface area contributed by atoms with Crippen LogP contribution in [0.1, 0.15) is 25.8 Å². The second kappa shape index (κ2) is 10.4. The number of sulfone groups is 1. The third-order valence-corrected chi connectivity index (χ3v) is 4.37. The van der Waals surface area contributed by atoms with Crippen molar-refractivity contribution in [3.05, 3.63) is 29.8 Å². The molecule has 0 aliphatic heterocycles. The summed E-state index contributed by atoms with van der Waals surface area (Å²) in [5.74, 6) is 0.760. The molecule has 0 spiro atoms. The lowest BCUT2D eigenvalue weighted by atomic mass is 10.2. The first-order chi connectivity index (χ1) is 12.5. The molecule has 0 aromatic heterocycles. The van der Waals surface area contributed by atoms with Crippen LogP contribution in [0.5, 0.6) is 5.75 Å². The number of hydrogen-bond acceptors (Lipinski definition) is 4. The maximum atomic E-state index is 12.1. The van der Waals surface area contributed by atoms with Crippen LogP contribution >= 0.6 is 0 Å². The molecule has 0 fully saturated rings. The lowest BCUT2D eigenvalue weighted by Gasteiger charge is -2.17. The van der Waals surface area contributed by atoms with Gasteiger partial charge < -0.3 is 15.4 Å². The van der Waals surface area contributed by atoms with Crippen molar-refractivity contribution in [1.82, 2.24) is 10.6 Å². The Balaban J connectivity index is 2.61. The highest BCUT2D eigenvalue weighted by Gasteiger charge is 2.28. The molecule has 0 bridgehead atoms. The SMILES string of the molecule is CCNC(=NCc1ccc(OCC(F)(F)F)cc1)NC(C)CCS(C)(=O)=O. The molecular formula is C17H26F3N3O3S. The van der Waals surface area contributed by atoms with Crippen molar-refractivity contribution >= 4 is 15.8 Å². The van der Waals surface area contributed by atoms with E-state index in [0.29, 0.717) is 25.5 Å². The van der Waals surface area contributed by atoms with Gasteiger partial charge in [-0.05, 0) is 38.0 Å². The summed E-state index contributed by atoms with van der Waals surface area (Å²) in [5, 5.41) is 6.20. The largest absolute Gasteiger partial charge is 0.484 e. The molecular weight excluding hydrogens is 383 g/mol. The summed E-state index contributed by atoms with van der Waals surface area (Å²) in [4.78, 5) is 4.41. The van der Waals surface area contributed by atoms with Gasteiger partial charge in [-0.1, -0.05) is 12.1 Å². The fourth-order valence-corrected chi connectivity index (χ4v) is 2.82. The van der Waals surface area contributed by atoms with Crippen molar-refractivity contribution < 1.29 is 26.3 Å². The van der Waals surface area contributed by atoms with E-state index < -0.39 is 22.6 Å². The summed E-state index contributed by atoms with van der Waals surface area (Å²) in [7, 11) is -3.02. The quantitative estimate of drug-likeness (QED) is 0.484. The fourth-order valence-electron chi connectivity index (χ4n) is 2.04. The number of ether oxygens (including phenoxy) is 1. The minimum Gasteiger partial charge on any atom is -0.484 e. The smallest absolute Gasteiger partial charge is 0.422 e. The number of halogens is 3. The van der Waals surface area contributed by atoms with E-state index in [4.69, 9.17) is 0 Å². The predicted molar refractivity (Wildman–Crippen MR) is 99.7 cm³/mol. The number of nitrogens with one attached hydrogen (secondary N) is 2. The van der Waals surface area contributed by atoms with Crippen molar-refractivity contribution in [1.29, 1.82) is 0 Å². The van der Waals surface area contributed by atoms with E-state index in [1.165, 1.54) is 18.4 Å². The zero-order chi connectivity index (χ0) is 20.5. The molecule has 0 amide bonds. The molecule has 27 heavy (non-hydrogen) atoms. The average Bonchev–Trinajstić information content (AvgIpc) is 2.56. The Bertz CT molecular complexity index is 704. The van der Waals surface area contributed by atoms with Gasteiger partial charge in [-0.25, -0.2) is 13.4 Å². The van der Waals surface area contributed by atoms with Crippen molar-refractivity contribution in [2.24, 2.45) is 4.99 Å². The number of alkyl halides is 3. The molecule has 1 aromatic rings. The van der Waals surface area contributed by atoms with Crippen molar-refractivity contribution in [2.75, 3.05) is 25.2 Å². The zero-order valence-electron chi connectivity index (χ0n) is 15.6. The van der Waals surface area contributed by atoms with Gasteiger partial charge in [0.2, 0.25) is 0 Å². The molecule has 0 heterocycles. The maximum Gasteiger partial charge on any atom is 0.422 e. The van der Waals surface area contributed by atoms with E-state index in [-0.39, 0.29) is 17.5 Å². The van der Waals surface area contributed by atoms with E-state index >= 15 is 0 Å². The molecule has 1 unspecified atom stereocenters. The van der Waals surface area contributed by atoms with Gasteiger partial charge in [-0.3, -0.25) is 0 Å². The summed E-state index contributed by atoms with van der Waals surface area (Å²) < 4.78 is 63.6. The Kier molecular flexibility index (Phi) is 8.87. The van der Waals surface area contributed by atoms with E-state index in [1.54, 1.807) is 12.1 Å². The van der Waals surface area contributed by atoms with Crippen molar-refractivity contribution in [2.45, 2.75) is 39.0 Å². The van der Waals surface area contributed by atoms with Gasteiger partial charge in [-0.2, -0.15) is 13.2 Å². The van der Waals surface area contributed by atoms with Gasteiger partial charge in [0.05, 0.1) is 12.3 Å². The van der Waals surface area contributed by atoms with Gasteiger partial charge in [-0.15, -0.1) is 0 Å². The highest BCUT2D eigenvalue weighted by molar-refractivity contribution is 7.90. The van der Waals surface area contributed by atoms with Crippen LogP contribution < -0.4 is 15.4 Å². The van der Waals surface area contributed by atoms with Gasteiger partial charge in [0.15, 0.2) is 12.6 Å². The Morgan fingerprint density at radius 1 is 1.26 bits per heavy atom. The third-order valence-electron chi connectivity index (χ3n) is 3.39. The first-order valence-electron chi connectivity index (χ1n) is 8.49. The fraction of sp³-hybridized carbons (Fsp3) is 0.588. The maximum absolute atomic E-state index is 12.1. The van der Waals surface area contributed by atoms with Gasteiger partial charge in [0.1, 0.15) is 15.6 Å². The monoisotopic (exact) mass is 409 g/mol. The first-order valence-corrected chi connectivity index (χ1v) is 10.6. The van der Waals surface area contributed by atoms with Crippen LogP contribution in [0.25, 0.3) is 0 Å². The van der Waals surface area contributed by atoms with Crippen LogP contribution in [0.3, 0.4) is 0 Å². The summed E-state index contributed by atoms with van der Waals surface area (Å²) >= 11 is 0. The zero-order valence-corrected chi connectivity index (χ0v) is 16.5. The molecule has 1 aromatic carbocycles. The molecule has 0 aliphatic carbocycles. The van der Waals surface area contributed by atoms with Crippen LogP contribution in [-0.4, -0.2) is 51.8 Å². The molecule has 154 valence electrons. The number of nitrogens with zero attached hydrogens (tertiary/aromatic N) is 1. The van der Waals surface area contributed by atoms with Crippen molar-refractivity contribution in [3.8, 4) is 5.75 Å². The summed E-state index contributed by atoms with van der Waals surface area (Å²) in [6.07, 6.45) is -2.72. The first kappa shape index (κ1) is 23.1. The van der Waals surface area contributed by atoms with Crippen LogP contribution in [0.15, 0.2) is 29.3 Å². The Morgan fingerprint density at radius 3 is 2.41 bits per heavy atom. The molecule has 0 aliphatic rings. The molecule has 0 radical (unpaired) electrons. The Morgan fingerprint density at radius 2 is 1.89 bits per heavy atom. The lowest BCUT2D eigenvalue weighted by Crippen LogP contribution is -2.42. The molecule has 0 saturated carbocycles. The molecule has 1 rings (SSSR count). The number of hydrogen-bond donors (Lipinski definition) is 2. The van der Waals surface area contributed by atoms with E-state index in [1.807, 2.05) is 13.8 Å². The standard InChI is InChI=1S/C17H26F3N3O3S/c1-4-21-16(23-13(2)9-10-27(3,24)25)22-11-14-5-7-15(8-6-14)26-12-17(18,19)20/h5-8,13H,4,9-12H2,1-3H3,(H2,21,22,23). The third kappa shape index (κ3) is 11.4. The van der Waals surface area contributed by atoms with Gasteiger partial charge >= 0.3 is 6.18 Å². The second-order valence-corrected chi connectivity index (χ2v) is 8.47. The normalized spacial score (nSPS) is 13.9. The minimum absolute atomic E-state index is 0.0833. The topological polar surface area (TPSA) is 79.8 Å². The molecule has 1 atom stereocenters. The minimum atomic E-state index is -4.37. The Labute approximate surface area is 158 Å². The van der Waals surface area contributed by atoms with Crippen LogP contribution in [0.2, 0.25) is 0 Å². The number of aliphatic imine (C=N–C) groups is 1. The highest BCUT2D eigenvalue weighted by atomic mass is 32.2. The van der Waals surface area contributed by atoms with E-state index in [0.717, 1.165) is 5.56 Å². The molecule has 0 saturated heterocycles. The van der Waals surface area contributed by atoms with Crippen LogP contribution in [0.4, 0.5) is 13.2 Å². The molecule has 2 N–H and O–H groups in total. The van der Waals surface area contributed by atoms with Gasteiger partial charge in [0, 0.05) is 18.8 Å². The lowest BCUT2D eigenvalue weighted by molar-refractivity contribution is -0.153. The highest BCUT2D eigenvalue weighted by Crippen LogP contribution is 2.19. The van der Waals surface area contributed by atoms with Crippen molar-refractivity contribution in [3.63, 3.8) is 0 Å². The summed E-state index contributed by atoms with van der Waals surface area (Å²) in [6, 6.07) is 6.13. The van der Waals surface area contributed by atoms with Crippen LogP contribution in [-0.2, 0) is 16.4 Å². The molecule has 10 heteroatoms. The second-order valence-electron chi connectivity index (χ2n) is 6.21. The summed E-state index contributed by atoms with van der Waals surface area (Å²) in [6.45, 7) is 3.39. The van der Waals surface area contributed by atoms with Crippen LogP contribution in [0, 0.1) is 0 Å². The van der Waals surface area contributed by atoms with E-state index in [9.17, 15) is 21.6 Å². The van der Waals surface area contributed by atoms with Gasteiger partial charge in [0.25, 0.3) is 0 Å². The van der Waals surface area contributed by atoms with E-state index in [2.05, 4.69) is 20.4 Å².